The number of benzene rings is 1. The van der Waals surface area contributed by atoms with Crippen molar-refractivity contribution in [3.63, 3.8) is 0 Å². The van der Waals surface area contributed by atoms with Crippen molar-refractivity contribution < 1.29 is 4.79 Å². The van der Waals surface area contributed by atoms with Gasteiger partial charge in [-0.2, -0.15) is 5.26 Å². The lowest BCUT2D eigenvalue weighted by atomic mass is 10.0. The largest absolute Gasteiger partial charge is 0.356 e. The minimum atomic E-state index is -0.236. The van der Waals surface area contributed by atoms with E-state index < -0.39 is 0 Å². The molecule has 2 aliphatic rings. The molecule has 2 aromatic rings. The van der Waals surface area contributed by atoms with E-state index >= 15 is 0 Å². The van der Waals surface area contributed by atoms with Crippen LogP contribution < -0.4 is 10.2 Å². The number of para-hydroxylation sites is 1. The molecule has 0 saturated carbocycles. The Morgan fingerprint density at radius 2 is 1.96 bits per heavy atom. The molecule has 27 heavy (non-hydrogen) atoms. The van der Waals surface area contributed by atoms with Crippen LogP contribution in [0.5, 0.6) is 0 Å². The number of pyridine rings is 1. The van der Waals surface area contributed by atoms with Gasteiger partial charge in [0.05, 0.1) is 18.1 Å². The van der Waals surface area contributed by atoms with Gasteiger partial charge in [-0.15, -0.1) is 0 Å². The maximum absolute atomic E-state index is 12.4. The number of nitrogens with one attached hydrogen (secondary N) is 1. The second kappa shape index (κ2) is 7.93. The zero-order valence-corrected chi connectivity index (χ0v) is 15.5. The van der Waals surface area contributed by atoms with Gasteiger partial charge in [0.25, 0.3) is 0 Å². The molecule has 3 heterocycles. The van der Waals surface area contributed by atoms with Gasteiger partial charge < -0.3 is 15.1 Å². The van der Waals surface area contributed by atoms with E-state index in [1.807, 2.05) is 18.2 Å². The highest BCUT2D eigenvalue weighted by atomic mass is 16.2. The maximum Gasteiger partial charge on any atom is 0.237 e. The van der Waals surface area contributed by atoms with Crippen LogP contribution in [0.1, 0.15) is 25.7 Å². The van der Waals surface area contributed by atoms with Crippen molar-refractivity contribution in [3.8, 4) is 6.07 Å². The summed E-state index contributed by atoms with van der Waals surface area (Å²) in [5.41, 5.74) is 1.03. The van der Waals surface area contributed by atoms with Gasteiger partial charge in [0.2, 0.25) is 5.91 Å². The molecule has 6 nitrogen and oxygen atoms in total. The number of hydrogen-bond acceptors (Lipinski definition) is 5. The molecule has 1 atom stereocenters. The molecule has 0 spiro atoms. The molecule has 1 amide bonds. The highest BCUT2D eigenvalue weighted by Gasteiger charge is 2.29. The Morgan fingerprint density at radius 3 is 2.78 bits per heavy atom. The van der Waals surface area contributed by atoms with Crippen LogP contribution in [-0.2, 0) is 4.79 Å². The molecule has 0 unspecified atom stereocenters. The monoisotopic (exact) mass is 363 g/mol. The molecule has 0 bridgehead atoms. The number of rotatable bonds is 4. The maximum atomic E-state index is 12.4. The van der Waals surface area contributed by atoms with Gasteiger partial charge in [0.1, 0.15) is 11.9 Å². The first-order valence-electron chi connectivity index (χ1n) is 9.78. The van der Waals surface area contributed by atoms with Crippen LogP contribution in [0.25, 0.3) is 10.9 Å². The second-order valence-electron chi connectivity index (χ2n) is 7.38. The molecular formula is C21H25N5O. The fourth-order valence-electron chi connectivity index (χ4n) is 4.08. The van der Waals surface area contributed by atoms with Crippen molar-refractivity contribution in [1.29, 1.82) is 5.26 Å². The van der Waals surface area contributed by atoms with Crippen LogP contribution in [0.4, 0.5) is 5.82 Å². The number of fused-ring (bicyclic) bond motifs is 1. The van der Waals surface area contributed by atoms with Crippen molar-refractivity contribution in [3.05, 3.63) is 36.4 Å². The van der Waals surface area contributed by atoms with Gasteiger partial charge in [-0.1, -0.05) is 18.2 Å². The number of carbonyl (C=O) groups excluding carboxylic acids is 1. The van der Waals surface area contributed by atoms with Gasteiger partial charge in [0.15, 0.2) is 0 Å². The number of nitrogens with zero attached hydrogens (tertiary/aromatic N) is 4. The first-order valence-corrected chi connectivity index (χ1v) is 9.78. The summed E-state index contributed by atoms with van der Waals surface area (Å²) in [4.78, 5) is 21.2. The predicted octanol–water partition coefficient (Wildman–Crippen LogP) is 2.31. The third-order valence-electron chi connectivity index (χ3n) is 5.67. The molecule has 0 aliphatic carbocycles. The van der Waals surface area contributed by atoms with Gasteiger partial charge in [0, 0.05) is 31.1 Å². The smallest absolute Gasteiger partial charge is 0.237 e. The zero-order valence-electron chi connectivity index (χ0n) is 15.5. The van der Waals surface area contributed by atoms with Gasteiger partial charge in [-0.3, -0.25) is 4.79 Å². The number of hydrogen-bond donors (Lipinski definition) is 1. The fourth-order valence-corrected chi connectivity index (χ4v) is 4.08. The van der Waals surface area contributed by atoms with Crippen molar-refractivity contribution in [1.82, 2.24) is 15.2 Å². The van der Waals surface area contributed by atoms with Crippen molar-refractivity contribution in [2.24, 2.45) is 0 Å². The standard InChI is InChI=1S/C21H25N5O/c22-14-18-5-3-11-26(18)21(27)15-23-17-9-12-25(13-10-17)20-8-7-16-4-1-2-6-19(16)24-20/h1-2,4,6-8,17-18,23H,3,5,9-13,15H2/t18-/m0/s1. The number of aromatic nitrogens is 1. The SMILES string of the molecule is N#C[C@@H]1CCCN1C(=O)CNC1CCN(c2ccc3ccccc3n2)CC1. The Morgan fingerprint density at radius 1 is 1.15 bits per heavy atom. The second-order valence-corrected chi connectivity index (χ2v) is 7.38. The highest BCUT2D eigenvalue weighted by molar-refractivity contribution is 5.80. The first kappa shape index (κ1) is 17.7. The molecule has 140 valence electrons. The average Bonchev–Trinajstić information content (AvgIpc) is 3.21. The molecule has 6 heteroatoms. The van der Waals surface area contributed by atoms with E-state index in [1.54, 1.807) is 4.90 Å². The van der Waals surface area contributed by atoms with E-state index in [1.165, 1.54) is 0 Å². The van der Waals surface area contributed by atoms with Crippen molar-refractivity contribution >= 4 is 22.6 Å². The number of amides is 1. The van der Waals surface area contributed by atoms with Crippen molar-refractivity contribution in [2.75, 3.05) is 31.1 Å². The predicted molar refractivity (Wildman–Crippen MR) is 105 cm³/mol. The summed E-state index contributed by atoms with van der Waals surface area (Å²) in [6.07, 6.45) is 3.72. The molecule has 2 aliphatic heterocycles. The summed E-state index contributed by atoms with van der Waals surface area (Å²) in [5, 5.41) is 13.7. The van der Waals surface area contributed by atoms with Crippen LogP contribution in [0.3, 0.4) is 0 Å². The zero-order chi connectivity index (χ0) is 18.6. The third-order valence-corrected chi connectivity index (χ3v) is 5.67. The summed E-state index contributed by atoms with van der Waals surface area (Å²) in [7, 11) is 0. The molecule has 0 radical (unpaired) electrons. The summed E-state index contributed by atoms with van der Waals surface area (Å²) in [6, 6.07) is 14.7. The number of anilines is 1. The van der Waals surface area contributed by atoms with E-state index in [2.05, 4.69) is 34.5 Å². The van der Waals surface area contributed by atoms with Gasteiger partial charge in [-0.05, 0) is 43.9 Å². The molecule has 1 N–H and O–H groups in total. The lowest BCUT2D eigenvalue weighted by Gasteiger charge is -2.33. The van der Waals surface area contributed by atoms with Crippen LogP contribution in [0.2, 0.25) is 0 Å². The van der Waals surface area contributed by atoms with E-state index in [0.29, 0.717) is 19.1 Å². The Hall–Kier alpha value is -2.65. The molecule has 1 aromatic heterocycles. The Bertz CT molecular complexity index is 853. The number of nitriles is 1. The fraction of sp³-hybridized carbons (Fsp3) is 0.476. The quantitative estimate of drug-likeness (QED) is 0.902. The number of likely N-dealkylation sites (tertiary alicyclic amines) is 1. The third kappa shape index (κ3) is 3.88. The molecular weight excluding hydrogens is 338 g/mol. The normalized spacial score (nSPS) is 20.8. The van der Waals surface area contributed by atoms with Crippen molar-refractivity contribution in [2.45, 2.75) is 37.8 Å². The summed E-state index contributed by atoms with van der Waals surface area (Å²) >= 11 is 0. The van der Waals surface area contributed by atoms with Gasteiger partial charge >= 0.3 is 0 Å². The summed E-state index contributed by atoms with van der Waals surface area (Å²) in [6.45, 7) is 2.91. The summed E-state index contributed by atoms with van der Waals surface area (Å²) < 4.78 is 0. The van der Waals surface area contributed by atoms with Crippen LogP contribution >= 0.6 is 0 Å². The van der Waals surface area contributed by atoms with E-state index in [0.717, 1.165) is 55.5 Å². The lowest BCUT2D eigenvalue weighted by molar-refractivity contribution is -0.130. The molecule has 1 aromatic carbocycles. The Kier molecular flexibility index (Phi) is 5.21. The van der Waals surface area contributed by atoms with Gasteiger partial charge in [-0.25, -0.2) is 4.98 Å². The lowest BCUT2D eigenvalue weighted by Crippen LogP contribution is -2.47. The summed E-state index contributed by atoms with van der Waals surface area (Å²) in [5.74, 6) is 1.08. The number of carbonyl (C=O) groups is 1. The van der Waals surface area contributed by atoms with Crippen LogP contribution in [-0.4, -0.2) is 54.1 Å². The van der Waals surface area contributed by atoms with E-state index in [4.69, 9.17) is 10.2 Å². The molecule has 2 saturated heterocycles. The first-order chi connectivity index (χ1) is 13.2. The van der Waals surface area contributed by atoms with Crippen LogP contribution in [0.15, 0.2) is 36.4 Å². The van der Waals surface area contributed by atoms with E-state index in [-0.39, 0.29) is 11.9 Å². The molecule has 2 fully saturated rings. The van der Waals surface area contributed by atoms with Crippen LogP contribution in [0, 0.1) is 11.3 Å². The minimum Gasteiger partial charge on any atom is -0.356 e. The topological polar surface area (TPSA) is 72.3 Å². The Balaban J connectivity index is 1.28. The molecule has 4 rings (SSSR count). The Labute approximate surface area is 159 Å². The highest BCUT2D eigenvalue weighted by Crippen LogP contribution is 2.22. The number of piperidine rings is 1. The van der Waals surface area contributed by atoms with E-state index in [9.17, 15) is 4.79 Å². The average molecular weight is 363 g/mol. The minimum absolute atomic E-state index is 0.0534.